The highest BCUT2D eigenvalue weighted by atomic mass is 16.5. The molecule has 1 amide bonds. The van der Waals surface area contributed by atoms with E-state index in [2.05, 4.69) is 12.2 Å². The average molecular weight is 341 g/mol. The molecule has 0 aromatic heterocycles. The summed E-state index contributed by atoms with van der Waals surface area (Å²) in [6, 6.07) is 14.6. The maximum atomic E-state index is 12.1. The van der Waals surface area contributed by atoms with Crippen LogP contribution in [0.25, 0.3) is 0 Å². The highest BCUT2D eigenvalue weighted by Gasteiger charge is 2.16. The zero-order chi connectivity index (χ0) is 18.2. The third kappa shape index (κ3) is 5.08. The van der Waals surface area contributed by atoms with Crippen molar-refractivity contribution in [3.63, 3.8) is 0 Å². The maximum Gasteiger partial charge on any atom is 0.342 e. The first-order valence-corrected chi connectivity index (χ1v) is 8.23. The Labute approximate surface area is 148 Å². The molecule has 0 aliphatic rings. The van der Waals surface area contributed by atoms with Gasteiger partial charge in [-0.2, -0.15) is 0 Å². The minimum absolute atomic E-state index is 0.164. The molecular formula is C20H23NO4. The van der Waals surface area contributed by atoms with E-state index in [4.69, 9.17) is 9.47 Å². The number of hydrogen-bond acceptors (Lipinski definition) is 4. The summed E-state index contributed by atoms with van der Waals surface area (Å²) in [5.74, 6) is -0.528. The number of rotatable bonds is 7. The quantitative estimate of drug-likeness (QED) is 0.785. The number of esters is 1. The van der Waals surface area contributed by atoms with Gasteiger partial charge in [-0.05, 0) is 36.6 Å². The van der Waals surface area contributed by atoms with Crippen molar-refractivity contribution in [2.75, 3.05) is 13.7 Å². The van der Waals surface area contributed by atoms with Crippen LogP contribution in [0, 0.1) is 0 Å². The van der Waals surface area contributed by atoms with Gasteiger partial charge >= 0.3 is 5.97 Å². The van der Waals surface area contributed by atoms with Gasteiger partial charge in [-0.1, -0.05) is 43.3 Å². The summed E-state index contributed by atoms with van der Waals surface area (Å²) in [7, 11) is 1.48. The average Bonchev–Trinajstić information content (AvgIpc) is 2.66. The van der Waals surface area contributed by atoms with E-state index < -0.39 is 5.97 Å². The maximum absolute atomic E-state index is 12.1. The van der Waals surface area contributed by atoms with Crippen LogP contribution in [-0.4, -0.2) is 25.6 Å². The molecule has 1 N–H and O–H groups in total. The Morgan fingerprint density at radius 1 is 1.08 bits per heavy atom. The second-order valence-corrected chi connectivity index (χ2v) is 5.66. The molecule has 2 aromatic rings. The van der Waals surface area contributed by atoms with Gasteiger partial charge < -0.3 is 14.8 Å². The number of aryl methyl sites for hydroxylation is 1. The Morgan fingerprint density at radius 3 is 2.40 bits per heavy atom. The lowest BCUT2D eigenvalue weighted by Gasteiger charge is -2.15. The van der Waals surface area contributed by atoms with Gasteiger partial charge in [0.2, 0.25) is 0 Å². The summed E-state index contributed by atoms with van der Waals surface area (Å²) in [6.07, 6.45) is 0.972. The molecule has 0 saturated carbocycles. The molecule has 0 heterocycles. The molecule has 0 aliphatic heterocycles. The Kier molecular flexibility index (Phi) is 6.57. The van der Waals surface area contributed by atoms with E-state index >= 15 is 0 Å². The fourth-order valence-electron chi connectivity index (χ4n) is 2.43. The van der Waals surface area contributed by atoms with E-state index in [9.17, 15) is 9.59 Å². The smallest absolute Gasteiger partial charge is 0.342 e. The van der Waals surface area contributed by atoms with Crippen molar-refractivity contribution in [2.24, 2.45) is 0 Å². The van der Waals surface area contributed by atoms with Gasteiger partial charge in [-0.25, -0.2) is 4.79 Å². The fraction of sp³-hybridized carbons (Fsp3) is 0.300. The first kappa shape index (κ1) is 18.5. The number of carbonyl (C=O) groups excluding carboxylic acids is 2. The largest absolute Gasteiger partial charge is 0.496 e. The zero-order valence-corrected chi connectivity index (χ0v) is 14.7. The third-order valence-corrected chi connectivity index (χ3v) is 3.93. The summed E-state index contributed by atoms with van der Waals surface area (Å²) >= 11 is 0. The number of benzene rings is 2. The summed E-state index contributed by atoms with van der Waals surface area (Å²) in [5.41, 5.74) is 2.54. The van der Waals surface area contributed by atoms with Crippen LogP contribution in [0.4, 0.5) is 0 Å². The normalized spacial score (nSPS) is 11.5. The fourth-order valence-corrected chi connectivity index (χ4v) is 2.43. The number of ether oxygens (including phenoxy) is 2. The summed E-state index contributed by atoms with van der Waals surface area (Å²) in [4.78, 5) is 24.1. The van der Waals surface area contributed by atoms with Crippen molar-refractivity contribution in [1.29, 1.82) is 0 Å². The highest BCUT2D eigenvalue weighted by molar-refractivity contribution is 5.94. The highest BCUT2D eigenvalue weighted by Crippen LogP contribution is 2.18. The van der Waals surface area contributed by atoms with E-state index in [1.165, 1.54) is 12.7 Å². The van der Waals surface area contributed by atoms with Crippen LogP contribution in [-0.2, 0) is 16.0 Å². The molecule has 132 valence electrons. The minimum atomic E-state index is -0.590. The number of methoxy groups -OCH3 is 1. The molecule has 5 nitrogen and oxygen atoms in total. The Morgan fingerprint density at radius 2 is 1.76 bits per heavy atom. The molecule has 25 heavy (non-hydrogen) atoms. The molecule has 0 spiro atoms. The lowest BCUT2D eigenvalue weighted by molar-refractivity contribution is -0.124. The predicted octanol–water partition coefficient (Wildman–Crippen LogP) is 3.29. The molecule has 0 radical (unpaired) electrons. The first-order valence-electron chi connectivity index (χ1n) is 8.23. The topological polar surface area (TPSA) is 64.6 Å². The van der Waals surface area contributed by atoms with Crippen LogP contribution in [0.15, 0.2) is 48.5 Å². The molecule has 0 saturated heterocycles. The minimum Gasteiger partial charge on any atom is -0.496 e. The zero-order valence-electron chi connectivity index (χ0n) is 14.7. The standard InChI is InChI=1S/C20H23NO4/c1-4-15-9-11-16(12-10-15)14(2)21-19(22)13-25-20(23)17-7-5-6-8-18(17)24-3/h5-12,14H,4,13H2,1-3H3,(H,21,22)/t14-/m0/s1. The number of carbonyl (C=O) groups is 2. The van der Waals surface area contributed by atoms with Gasteiger partial charge in [0.25, 0.3) is 5.91 Å². The van der Waals surface area contributed by atoms with Crippen molar-refractivity contribution < 1.29 is 19.1 Å². The molecule has 2 rings (SSSR count). The third-order valence-electron chi connectivity index (χ3n) is 3.93. The van der Waals surface area contributed by atoms with E-state index in [1.54, 1.807) is 24.3 Å². The Balaban J connectivity index is 1.88. The Bertz CT molecular complexity index is 725. The van der Waals surface area contributed by atoms with Gasteiger partial charge in [0.1, 0.15) is 11.3 Å². The van der Waals surface area contributed by atoms with E-state index in [-0.39, 0.29) is 18.6 Å². The van der Waals surface area contributed by atoms with Gasteiger partial charge in [-0.15, -0.1) is 0 Å². The number of para-hydroxylation sites is 1. The second-order valence-electron chi connectivity index (χ2n) is 5.66. The number of hydrogen-bond donors (Lipinski definition) is 1. The monoisotopic (exact) mass is 341 g/mol. The van der Waals surface area contributed by atoms with Crippen LogP contribution in [0.5, 0.6) is 5.75 Å². The van der Waals surface area contributed by atoms with Gasteiger partial charge in [0, 0.05) is 0 Å². The van der Waals surface area contributed by atoms with Crippen molar-refractivity contribution in [2.45, 2.75) is 26.3 Å². The van der Waals surface area contributed by atoms with Crippen LogP contribution < -0.4 is 10.1 Å². The molecule has 0 aliphatic carbocycles. The predicted molar refractivity (Wildman–Crippen MR) is 95.7 cm³/mol. The van der Waals surface area contributed by atoms with Crippen LogP contribution in [0.3, 0.4) is 0 Å². The van der Waals surface area contributed by atoms with Crippen LogP contribution in [0.1, 0.15) is 41.4 Å². The molecule has 0 fully saturated rings. The summed E-state index contributed by atoms with van der Waals surface area (Å²) in [6.45, 7) is 3.64. The molecule has 0 bridgehead atoms. The molecule has 1 atom stereocenters. The summed E-state index contributed by atoms with van der Waals surface area (Å²) < 4.78 is 10.2. The number of amides is 1. The van der Waals surface area contributed by atoms with Crippen LogP contribution >= 0.6 is 0 Å². The van der Waals surface area contributed by atoms with Gasteiger partial charge in [0.15, 0.2) is 6.61 Å². The van der Waals surface area contributed by atoms with E-state index in [0.717, 1.165) is 12.0 Å². The lowest BCUT2D eigenvalue weighted by Crippen LogP contribution is -2.31. The second kappa shape index (κ2) is 8.87. The van der Waals surface area contributed by atoms with Crippen molar-refractivity contribution in [1.82, 2.24) is 5.32 Å². The lowest BCUT2D eigenvalue weighted by atomic mass is 10.1. The van der Waals surface area contributed by atoms with Crippen molar-refractivity contribution >= 4 is 11.9 Å². The van der Waals surface area contributed by atoms with E-state index in [1.807, 2.05) is 31.2 Å². The Hall–Kier alpha value is -2.82. The molecule has 2 aromatic carbocycles. The van der Waals surface area contributed by atoms with Crippen molar-refractivity contribution in [3.8, 4) is 5.75 Å². The van der Waals surface area contributed by atoms with E-state index in [0.29, 0.717) is 11.3 Å². The molecular weight excluding hydrogens is 318 g/mol. The molecule has 5 heteroatoms. The first-order chi connectivity index (χ1) is 12.0. The van der Waals surface area contributed by atoms with Gasteiger partial charge in [0.05, 0.1) is 13.2 Å². The summed E-state index contributed by atoms with van der Waals surface area (Å²) in [5, 5.41) is 2.82. The molecule has 0 unspecified atom stereocenters. The van der Waals surface area contributed by atoms with Gasteiger partial charge in [-0.3, -0.25) is 4.79 Å². The van der Waals surface area contributed by atoms with Crippen LogP contribution in [0.2, 0.25) is 0 Å². The van der Waals surface area contributed by atoms with Crippen molar-refractivity contribution in [3.05, 3.63) is 65.2 Å². The number of nitrogens with one attached hydrogen (secondary N) is 1. The SMILES string of the molecule is CCc1ccc([C@H](C)NC(=O)COC(=O)c2ccccc2OC)cc1.